The minimum Gasteiger partial charge on any atom is -0.477 e. The Hall–Kier alpha value is -2.10. The quantitative estimate of drug-likeness (QED) is 0.320. The summed E-state index contributed by atoms with van der Waals surface area (Å²) < 4.78 is 0. The molecule has 0 aliphatic carbocycles. The zero-order valence-corrected chi connectivity index (χ0v) is 7.31. The zero-order chi connectivity index (χ0) is 10.6. The monoisotopic (exact) mass is 191 g/mol. The maximum Gasteiger partial charge on any atom is 0.341 e. The third kappa shape index (κ3) is 1.98. The second-order valence-electron chi connectivity index (χ2n) is 2.58. The number of carbonyl (C=O) groups excluding carboxylic acids is 1. The van der Waals surface area contributed by atoms with Crippen LogP contribution in [0.15, 0.2) is 42.1 Å². The van der Waals surface area contributed by atoms with Gasteiger partial charge in [0.2, 0.25) is 5.78 Å². The highest BCUT2D eigenvalue weighted by molar-refractivity contribution is 6.23. The first-order chi connectivity index (χ1) is 6.66. The Labute approximate surface area is 80.7 Å². The van der Waals surface area contributed by atoms with Crippen LogP contribution in [-0.4, -0.2) is 16.9 Å². The molecule has 4 nitrogen and oxygen atoms in total. The molecule has 0 fully saturated rings. The number of nitrogens with two attached hydrogens (primary N) is 1. The fraction of sp³-hybridized carbons (Fsp3) is 0. The number of carboxylic acids is 1. The van der Waals surface area contributed by atoms with Crippen LogP contribution in [0, 0.1) is 0 Å². The van der Waals surface area contributed by atoms with E-state index in [4.69, 9.17) is 10.8 Å². The minimum atomic E-state index is -1.32. The summed E-state index contributed by atoms with van der Waals surface area (Å²) in [6.07, 6.45) is 0.803. The van der Waals surface area contributed by atoms with Gasteiger partial charge in [-0.2, -0.15) is 0 Å². The van der Waals surface area contributed by atoms with Crippen molar-refractivity contribution in [2.24, 2.45) is 5.73 Å². The molecule has 0 atom stereocenters. The van der Waals surface area contributed by atoms with Crippen LogP contribution in [-0.2, 0) is 4.79 Å². The van der Waals surface area contributed by atoms with E-state index in [2.05, 4.69) is 0 Å². The summed E-state index contributed by atoms with van der Waals surface area (Å²) in [6, 6.07) is 8.12. The second-order valence-corrected chi connectivity index (χ2v) is 2.58. The number of benzene rings is 1. The van der Waals surface area contributed by atoms with Gasteiger partial charge in [0.05, 0.1) is 0 Å². The van der Waals surface area contributed by atoms with Crippen LogP contribution in [0.3, 0.4) is 0 Å². The predicted molar refractivity (Wildman–Crippen MR) is 50.7 cm³/mol. The van der Waals surface area contributed by atoms with E-state index in [-0.39, 0.29) is 0 Å². The molecule has 72 valence electrons. The van der Waals surface area contributed by atoms with E-state index < -0.39 is 17.3 Å². The molecule has 0 unspecified atom stereocenters. The largest absolute Gasteiger partial charge is 0.477 e. The van der Waals surface area contributed by atoms with Crippen LogP contribution in [0.2, 0.25) is 0 Å². The molecule has 0 bridgehead atoms. The van der Waals surface area contributed by atoms with Gasteiger partial charge in [0.1, 0.15) is 5.57 Å². The van der Waals surface area contributed by atoms with Crippen molar-refractivity contribution in [3.63, 3.8) is 0 Å². The molecule has 0 aliphatic heterocycles. The van der Waals surface area contributed by atoms with Gasteiger partial charge in [0.15, 0.2) is 0 Å². The standard InChI is InChI=1S/C10H9NO3/c11-6-8(10(13)14)9(12)7-4-2-1-3-5-7/h1-6H,11H2,(H,13,14)/b8-6-. The average Bonchev–Trinajstić information content (AvgIpc) is 2.19. The van der Waals surface area contributed by atoms with Gasteiger partial charge in [-0.25, -0.2) is 4.79 Å². The van der Waals surface area contributed by atoms with E-state index in [1.54, 1.807) is 18.2 Å². The lowest BCUT2D eigenvalue weighted by Gasteiger charge is -1.99. The fourth-order valence-electron chi connectivity index (χ4n) is 0.989. The van der Waals surface area contributed by atoms with Crippen molar-refractivity contribution in [3.05, 3.63) is 47.7 Å². The first-order valence-electron chi connectivity index (χ1n) is 3.91. The number of carboxylic acid groups (broad SMARTS) is 1. The highest BCUT2D eigenvalue weighted by Gasteiger charge is 2.17. The maximum absolute atomic E-state index is 11.5. The van der Waals surface area contributed by atoms with Crippen molar-refractivity contribution < 1.29 is 14.7 Å². The van der Waals surface area contributed by atoms with Crippen molar-refractivity contribution in [1.82, 2.24) is 0 Å². The van der Waals surface area contributed by atoms with E-state index in [0.29, 0.717) is 5.56 Å². The van der Waals surface area contributed by atoms with Gasteiger partial charge in [-0.1, -0.05) is 30.3 Å². The van der Waals surface area contributed by atoms with E-state index in [0.717, 1.165) is 6.20 Å². The summed E-state index contributed by atoms with van der Waals surface area (Å²) in [4.78, 5) is 22.1. The number of aliphatic carboxylic acids is 1. The van der Waals surface area contributed by atoms with Crippen molar-refractivity contribution >= 4 is 11.8 Å². The molecule has 0 aliphatic rings. The molecule has 0 saturated heterocycles. The molecular formula is C10H9NO3. The summed E-state index contributed by atoms with van der Waals surface area (Å²) in [6.45, 7) is 0. The van der Waals surface area contributed by atoms with E-state index in [9.17, 15) is 9.59 Å². The number of carbonyl (C=O) groups is 2. The zero-order valence-electron chi connectivity index (χ0n) is 7.31. The summed E-state index contributed by atoms with van der Waals surface area (Å²) in [5.41, 5.74) is 4.94. The Kier molecular flexibility index (Phi) is 3.01. The summed E-state index contributed by atoms with van der Waals surface area (Å²) in [5, 5.41) is 8.64. The molecule has 0 aromatic heterocycles. The van der Waals surface area contributed by atoms with E-state index >= 15 is 0 Å². The van der Waals surface area contributed by atoms with Crippen molar-refractivity contribution in [2.75, 3.05) is 0 Å². The van der Waals surface area contributed by atoms with Gasteiger partial charge < -0.3 is 10.8 Å². The third-order valence-corrected chi connectivity index (χ3v) is 1.68. The van der Waals surface area contributed by atoms with E-state index in [1.165, 1.54) is 12.1 Å². The van der Waals surface area contributed by atoms with Crippen LogP contribution >= 0.6 is 0 Å². The van der Waals surface area contributed by atoms with E-state index in [1.807, 2.05) is 0 Å². The molecular weight excluding hydrogens is 182 g/mol. The molecule has 0 radical (unpaired) electrons. The highest BCUT2D eigenvalue weighted by Crippen LogP contribution is 2.07. The molecule has 1 aromatic carbocycles. The normalized spacial score (nSPS) is 11.0. The number of ketones is 1. The smallest absolute Gasteiger partial charge is 0.341 e. The van der Waals surface area contributed by atoms with Gasteiger partial charge in [-0.3, -0.25) is 4.79 Å². The summed E-state index contributed by atoms with van der Waals surface area (Å²) >= 11 is 0. The molecule has 14 heavy (non-hydrogen) atoms. The molecule has 1 rings (SSSR count). The first kappa shape index (κ1) is 9.98. The molecule has 0 saturated carbocycles. The van der Waals surface area contributed by atoms with Crippen molar-refractivity contribution in [1.29, 1.82) is 0 Å². The van der Waals surface area contributed by atoms with Gasteiger partial charge in [-0.05, 0) is 0 Å². The molecule has 0 spiro atoms. The lowest BCUT2D eigenvalue weighted by atomic mass is 10.0. The predicted octanol–water partition coefficient (Wildman–Crippen LogP) is 0.797. The van der Waals surface area contributed by atoms with Gasteiger partial charge in [-0.15, -0.1) is 0 Å². The van der Waals surface area contributed by atoms with Crippen LogP contribution in [0.1, 0.15) is 10.4 Å². The van der Waals surface area contributed by atoms with Gasteiger partial charge in [0.25, 0.3) is 0 Å². The first-order valence-corrected chi connectivity index (χ1v) is 3.91. The maximum atomic E-state index is 11.5. The average molecular weight is 191 g/mol. The van der Waals surface area contributed by atoms with Crippen molar-refractivity contribution in [3.8, 4) is 0 Å². The SMILES string of the molecule is N/C=C(\C(=O)O)C(=O)c1ccccc1. The van der Waals surface area contributed by atoms with Crippen molar-refractivity contribution in [2.45, 2.75) is 0 Å². The van der Waals surface area contributed by atoms with Gasteiger partial charge in [0, 0.05) is 11.8 Å². The number of hydrogen-bond acceptors (Lipinski definition) is 3. The van der Waals surface area contributed by atoms with Crippen LogP contribution in [0.5, 0.6) is 0 Å². The number of Topliss-reactive ketones (excluding diaryl/α,β-unsaturated/α-hetero) is 1. The number of hydrogen-bond donors (Lipinski definition) is 2. The molecule has 4 heteroatoms. The Balaban J connectivity index is 3.02. The number of rotatable bonds is 3. The lowest BCUT2D eigenvalue weighted by Crippen LogP contribution is -2.14. The lowest BCUT2D eigenvalue weighted by molar-refractivity contribution is -0.132. The van der Waals surface area contributed by atoms with Crippen LogP contribution in [0.25, 0.3) is 0 Å². The molecule has 0 heterocycles. The Morgan fingerprint density at radius 1 is 1.21 bits per heavy atom. The summed E-state index contributed by atoms with van der Waals surface area (Å²) in [7, 11) is 0. The minimum absolute atomic E-state index is 0.312. The summed E-state index contributed by atoms with van der Waals surface area (Å²) in [5.74, 6) is -1.90. The Morgan fingerprint density at radius 2 is 1.79 bits per heavy atom. The van der Waals surface area contributed by atoms with Crippen LogP contribution in [0.4, 0.5) is 0 Å². The molecule has 3 N–H and O–H groups in total. The Bertz CT molecular complexity index is 382. The van der Waals surface area contributed by atoms with Crippen LogP contribution < -0.4 is 5.73 Å². The third-order valence-electron chi connectivity index (χ3n) is 1.68. The molecule has 1 aromatic rings. The molecule has 0 amide bonds. The second kappa shape index (κ2) is 4.23. The van der Waals surface area contributed by atoms with Gasteiger partial charge >= 0.3 is 5.97 Å². The topological polar surface area (TPSA) is 80.4 Å². The highest BCUT2D eigenvalue weighted by atomic mass is 16.4. The fourth-order valence-corrected chi connectivity index (χ4v) is 0.989. The Morgan fingerprint density at radius 3 is 2.21 bits per heavy atom.